The Morgan fingerprint density at radius 1 is 1.25 bits per heavy atom. The van der Waals surface area contributed by atoms with Gasteiger partial charge in [-0.25, -0.2) is 0 Å². The maximum atomic E-state index is 3.93. The number of aromatic nitrogens is 2. The lowest BCUT2D eigenvalue weighted by Crippen LogP contribution is -2.17. The van der Waals surface area contributed by atoms with Crippen LogP contribution in [-0.2, 0) is 6.54 Å². The summed E-state index contributed by atoms with van der Waals surface area (Å²) in [5.74, 6) is 0.698. The van der Waals surface area contributed by atoms with Crippen LogP contribution in [0, 0.1) is 0 Å². The molecule has 1 heterocycles. The van der Waals surface area contributed by atoms with E-state index in [0.29, 0.717) is 12.0 Å². The SMILES string of the molecule is c1ccc(C2CC2NCc2ccn[nH]2)cc1. The first kappa shape index (κ1) is 9.60. The predicted molar refractivity (Wildman–Crippen MR) is 63.0 cm³/mol. The lowest BCUT2D eigenvalue weighted by molar-refractivity contribution is 0.659. The van der Waals surface area contributed by atoms with Crippen molar-refractivity contribution in [1.82, 2.24) is 15.5 Å². The van der Waals surface area contributed by atoms with Crippen molar-refractivity contribution in [2.24, 2.45) is 0 Å². The van der Waals surface area contributed by atoms with Crippen molar-refractivity contribution < 1.29 is 0 Å². The van der Waals surface area contributed by atoms with Crippen LogP contribution in [0.5, 0.6) is 0 Å². The Morgan fingerprint density at radius 2 is 2.12 bits per heavy atom. The van der Waals surface area contributed by atoms with Crippen LogP contribution >= 0.6 is 0 Å². The molecule has 1 aromatic heterocycles. The molecule has 1 saturated carbocycles. The highest BCUT2D eigenvalue weighted by atomic mass is 15.1. The molecule has 2 aromatic rings. The molecule has 0 bridgehead atoms. The second kappa shape index (κ2) is 4.10. The molecule has 1 aliphatic rings. The second-order valence-corrected chi connectivity index (χ2v) is 4.32. The van der Waals surface area contributed by atoms with Crippen LogP contribution in [0.4, 0.5) is 0 Å². The van der Waals surface area contributed by atoms with E-state index < -0.39 is 0 Å². The molecule has 0 spiro atoms. The lowest BCUT2D eigenvalue weighted by atomic mass is 10.1. The van der Waals surface area contributed by atoms with E-state index in [1.165, 1.54) is 12.0 Å². The molecule has 2 unspecified atom stereocenters. The minimum absolute atomic E-state index is 0.630. The monoisotopic (exact) mass is 213 g/mol. The van der Waals surface area contributed by atoms with Gasteiger partial charge in [0.2, 0.25) is 0 Å². The molecule has 82 valence electrons. The van der Waals surface area contributed by atoms with Gasteiger partial charge in [-0.3, -0.25) is 5.10 Å². The van der Waals surface area contributed by atoms with Gasteiger partial charge < -0.3 is 5.32 Å². The topological polar surface area (TPSA) is 40.7 Å². The average Bonchev–Trinajstić information content (AvgIpc) is 2.93. The third-order valence-corrected chi connectivity index (χ3v) is 3.13. The van der Waals surface area contributed by atoms with E-state index in [2.05, 4.69) is 45.8 Å². The Labute approximate surface area is 94.9 Å². The largest absolute Gasteiger partial charge is 0.308 e. The highest BCUT2D eigenvalue weighted by Gasteiger charge is 2.37. The molecule has 1 aliphatic carbocycles. The third kappa shape index (κ3) is 1.99. The fraction of sp³-hybridized carbons (Fsp3) is 0.308. The molecule has 2 N–H and O–H groups in total. The van der Waals surface area contributed by atoms with Crippen molar-refractivity contribution in [1.29, 1.82) is 0 Å². The summed E-state index contributed by atoms with van der Waals surface area (Å²) in [5, 5.41) is 10.4. The zero-order valence-corrected chi connectivity index (χ0v) is 9.06. The Kier molecular flexibility index (Phi) is 2.46. The molecular formula is C13H15N3. The number of hydrogen-bond donors (Lipinski definition) is 2. The maximum absolute atomic E-state index is 3.93. The van der Waals surface area contributed by atoms with Gasteiger partial charge in [-0.1, -0.05) is 30.3 Å². The van der Waals surface area contributed by atoms with Gasteiger partial charge in [-0.15, -0.1) is 0 Å². The van der Waals surface area contributed by atoms with Crippen LogP contribution < -0.4 is 5.32 Å². The molecule has 3 rings (SSSR count). The number of H-pyrrole nitrogens is 1. The summed E-state index contributed by atoms with van der Waals surface area (Å²) in [4.78, 5) is 0. The van der Waals surface area contributed by atoms with E-state index in [0.717, 1.165) is 12.2 Å². The Bertz CT molecular complexity index is 435. The molecule has 16 heavy (non-hydrogen) atoms. The zero-order chi connectivity index (χ0) is 10.8. The first-order valence-electron chi connectivity index (χ1n) is 5.70. The standard InChI is InChI=1S/C13H15N3/c1-2-4-10(5-3-1)12-8-13(12)14-9-11-6-7-15-16-11/h1-7,12-14H,8-9H2,(H,15,16). The normalized spacial score (nSPS) is 23.2. The minimum atomic E-state index is 0.630. The zero-order valence-electron chi connectivity index (χ0n) is 9.06. The van der Waals surface area contributed by atoms with Crippen molar-refractivity contribution in [2.75, 3.05) is 0 Å². The van der Waals surface area contributed by atoms with Crippen molar-refractivity contribution in [2.45, 2.75) is 24.9 Å². The average molecular weight is 213 g/mol. The molecule has 0 aliphatic heterocycles. The molecule has 1 fully saturated rings. The van der Waals surface area contributed by atoms with Crippen LogP contribution in [0.2, 0.25) is 0 Å². The van der Waals surface area contributed by atoms with Crippen molar-refractivity contribution >= 4 is 0 Å². The Balaban J connectivity index is 1.53. The van der Waals surface area contributed by atoms with Crippen LogP contribution in [-0.4, -0.2) is 16.2 Å². The molecule has 0 radical (unpaired) electrons. The molecule has 1 aromatic carbocycles. The third-order valence-electron chi connectivity index (χ3n) is 3.13. The summed E-state index contributed by atoms with van der Waals surface area (Å²) in [7, 11) is 0. The van der Waals surface area contributed by atoms with Crippen LogP contribution in [0.1, 0.15) is 23.6 Å². The number of nitrogens with zero attached hydrogens (tertiary/aromatic N) is 1. The summed E-state index contributed by atoms with van der Waals surface area (Å²) in [6.45, 7) is 0.883. The van der Waals surface area contributed by atoms with E-state index in [1.807, 2.05) is 6.07 Å². The predicted octanol–water partition coefficient (Wildman–Crippen LogP) is 2.06. The van der Waals surface area contributed by atoms with Crippen LogP contribution in [0.3, 0.4) is 0 Å². The Morgan fingerprint density at radius 3 is 2.88 bits per heavy atom. The molecular weight excluding hydrogens is 198 g/mol. The summed E-state index contributed by atoms with van der Waals surface area (Å²) < 4.78 is 0. The first-order chi connectivity index (χ1) is 7.93. The van der Waals surface area contributed by atoms with Crippen LogP contribution in [0.15, 0.2) is 42.6 Å². The van der Waals surface area contributed by atoms with Crippen molar-refractivity contribution in [3.05, 3.63) is 53.9 Å². The van der Waals surface area contributed by atoms with Crippen molar-refractivity contribution in [3.63, 3.8) is 0 Å². The molecule has 0 amide bonds. The Hall–Kier alpha value is -1.61. The number of rotatable bonds is 4. The molecule has 2 atom stereocenters. The van der Waals surface area contributed by atoms with E-state index >= 15 is 0 Å². The quantitative estimate of drug-likeness (QED) is 0.816. The fourth-order valence-electron chi connectivity index (χ4n) is 2.11. The number of benzene rings is 1. The molecule has 0 saturated heterocycles. The van der Waals surface area contributed by atoms with Gasteiger partial charge in [-0.2, -0.15) is 5.10 Å². The van der Waals surface area contributed by atoms with Gasteiger partial charge in [0.25, 0.3) is 0 Å². The van der Waals surface area contributed by atoms with Gasteiger partial charge in [0.15, 0.2) is 0 Å². The maximum Gasteiger partial charge on any atom is 0.0490 e. The summed E-state index contributed by atoms with van der Waals surface area (Å²) in [6.07, 6.45) is 3.04. The summed E-state index contributed by atoms with van der Waals surface area (Å²) in [5.41, 5.74) is 2.60. The van der Waals surface area contributed by atoms with E-state index in [1.54, 1.807) is 6.20 Å². The highest BCUT2D eigenvalue weighted by Crippen LogP contribution is 2.40. The second-order valence-electron chi connectivity index (χ2n) is 4.32. The van der Waals surface area contributed by atoms with Gasteiger partial charge in [0.05, 0.1) is 0 Å². The van der Waals surface area contributed by atoms with Crippen molar-refractivity contribution in [3.8, 4) is 0 Å². The molecule has 3 nitrogen and oxygen atoms in total. The molecule has 3 heteroatoms. The van der Waals surface area contributed by atoms with Gasteiger partial charge in [0, 0.05) is 30.4 Å². The summed E-state index contributed by atoms with van der Waals surface area (Å²) >= 11 is 0. The van der Waals surface area contributed by atoms with Gasteiger partial charge >= 0.3 is 0 Å². The van der Waals surface area contributed by atoms with E-state index in [9.17, 15) is 0 Å². The first-order valence-corrected chi connectivity index (χ1v) is 5.70. The lowest BCUT2D eigenvalue weighted by Gasteiger charge is -2.02. The van der Waals surface area contributed by atoms with E-state index in [-0.39, 0.29) is 0 Å². The fourth-order valence-corrected chi connectivity index (χ4v) is 2.11. The number of hydrogen-bond acceptors (Lipinski definition) is 2. The highest BCUT2D eigenvalue weighted by molar-refractivity contribution is 5.27. The number of aromatic amines is 1. The minimum Gasteiger partial charge on any atom is -0.308 e. The van der Waals surface area contributed by atoms with Crippen LogP contribution in [0.25, 0.3) is 0 Å². The van der Waals surface area contributed by atoms with Gasteiger partial charge in [0.1, 0.15) is 0 Å². The van der Waals surface area contributed by atoms with Gasteiger partial charge in [-0.05, 0) is 18.1 Å². The van der Waals surface area contributed by atoms with E-state index in [4.69, 9.17) is 0 Å². The number of nitrogens with one attached hydrogen (secondary N) is 2. The summed E-state index contributed by atoms with van der Waals surface area (Å²) in [6, 6.07) is 13.3. The smallest absolute Gasteiger partial charge is 0.0490 e.